The summed E-state index contributed by atoms with van der Waals surface area (Å²) >= 11 is 0. The van der Waals surface area contributed by atoms with Gasteiger partial charge in [0.2, 0.25) is 5.91 Å². The van der Waals surface area contributed by atoms with Crippen LogP contribution in [0.5, 0.6) is 0 Å². The maximum Gasteiger partial charge on any atom is 0.408 e. The molecule has 1 aromatic carbocycles. The fourth-order valence-electron chi connectivity index (χ4n) is 3.75. The fraction of sp³-hybridized carbons (Fsp3) is 0.360. The molecule has 0 bridgehead atoms. The van der Waals surface area contributed by atoms with Crippen molar-refractivity contribution in [1.82, 2.24) is 25.3 Å². The summed E-state index contributed by atoms with van der Waals surface area (Å²) in [5, 5.41) is 2.63. The van der Waals surface area contributed by atoms with Crippen molar-refractivity contribution in [2.24, 2.45) is 0 Å². The zero-order valence-corrected chi connectivity index (χ0v) is 20.2. The van der Waals surface area contributed by atoms with Gasteiger partial charge in [0.25, 0.3) is 0 Å². The van der Waals surface area contributed by atoms with Crippen molar-refractivity contribution in [1.29, 1.82) is 0 Å². The molecule has 0 saturated carbocycles. The Hall–Kier alpha value is -3.88. The Morgan fingerprint density at radius 2 is 1.68 bits per heavy atom. The summed E-state index contributed by atoms with van der Waals surface area (Å²) < 4.78 is 5.23. The van der Waals surface area contributed by atoms with E-state index in [1.165, 1.54) is 0 Å². The summed E-state index contributed by atoms with van der Waals surface area (Å²) in [6.45, 7) is 11.1. The van der Waals surface area contributed by atoms with E-state index >= 15 is 0 Å². The number of hydrogen-bond donors (Lipinski definition) is 1. The number of ether oxygens (including phenoxy) is 1. The first kappa shape index (κ1) is 23.3. The molecule has 0 saturated heterocycles. The Morgan fingerprint density at radius 1 is 1.03 bits per heavy atom. The van der Waals surface area contributed by atoms with Gasteiger partial charge in [-0.25, -0.2) is 24.7 Å². The molecule has 2 aromatic heterocycles. The second-order valence-electron chi connectivity index (χ2n) is 9.73. The average molecular weight is 461 g/mol. The first-order chi connectivity index (χ1) is 16.0. The van der Waals surface area contributed by atoms with E-state index in [1.54, 1.807) is 50.5 Å². The van der Waals surface area contributed by atoms with Gasteiger partial charge in [0.1, 0.15) is 17.2 Å². The third kappa shape index (κ3) is 4.59. The molecule has 0 atom stereocenters. The maximum atomic E-state index is 13.4. The topological polar surface area (TPSA) is 110 Å². The molecule has 1 aliphatic heterocycles. The van der Waals surface area contributed by atoms with Crippen molar-refractivity contribution in [2.45, 2.75) is 59.1 Å². The van der Waals surface area contributed by atoms with Crippen LogP contribution in [0.2, 0.25) is 0 Å². The van der Waals surface area contributed by atoms with Crippen LogP contribution in [-0.4, -0.2) is 37.5 Å². The summed E-state index contributed by atoms with van der Waals surface area (Å²) in [6.07, 6.45) is 6.17. The number of carbonyl (C=O) groups excluding carboxylic acids is 2. The van der Waals surface area contributed by atoms with Crippen molar-refractivity contribution in [3.63, 3.8) is 0 Å². The van der Waals surface area contributed by atoms with Gasteiger partial charge in [-0.05, 0) is 58.7 Å². The predicted octanol–water partition coefficient (Wildman–Crippen LogP) is 4.22. The van der Waals surface area contributed by atoms with Crippen molar-refractivity contribution < 1.29 is 14.3 Å². The number of rotatable bonds is 4. The van der Waals surface area contributed by atoms with Crippen molar-refractivity contribution in [3.05, 3.63) is 60.2 Å². The molecule has 9 heteroatoms. The lowest BCUT2D eigenvalue weighted by Crippen LogP contribution is -2.33. The van der Waals surface area contributed by atoms with E-state index in [0.717, 1.165) is 22.4 Å². The first-order valence-electron chi connectivity index (χ1n) is 11.0. The van der Waals surface area contributed by atoms with Gasteiger partial charge in [0.15, 0.2) is 0 Å². The molecule has 3 heterocycles. The Kier molecular flexibility index (Phi) is 5.80. The smallest absolute Gasteiger partial charge is 0.408 e. The molecule has 1 aliphatic rings. The summed E-state index contributed by atoms with van der Waals surface area (Å²) in [4.78, 5) is 44.1. The molecule has 0 spiro atoms. The Morgan fingerprint density at radius 3 is 2.29 bits per heavy atom. The molecular formula is C25H28N6O3. The highest BCUT2D eigenvalue weighted by atomic mass is 16.6. The minimum atomic E-state index is -0.700. The maximum absolute atomic E-state index is 13.4. The van der Waals surface area contributed by atoms with Gasteiger partial charge in [0.05, 0.1) is 35.7 Å². The van der Waals surface area contributed by atoms with Crippen LogP contribution in [0.25, 0.3) is 11.1 Å². The van der Waals surface area contributed by atoms with Crippen LogP contribution in [0.15, 0.2) is 43.0 Å². The summed E-state index contributed by atoms with van der Waals surface area (Å²) in [6, 6.07) is 5.92. The molecule has 0 aliphatic carbocycles. The summed E-state index contributed by atoms with van der Waals surface area (Å²) in [5.41, 5.74) is 2.73. The van der Waals surface area contributed by atoms with Crippen LogP contribution in [0, 0.1) is 6.92 Å². The number of benzene rings is 1. The minimum absolute atomic E-state index is 0.0666. The number of aromatic nitrogens is 4. The third-order valence-electron chi connectivity index (χ3n) is 5.50. The van der Waals surface area contributed by atoms with Gasteiger partial charge in [-0.3, -0.25) is 9.69 Å². The molecule has 176 valence electrons. The number of anilines is 2. The van der Waals surface area contributed by atoms with Gasteiger partial charge in [-0.2, -0.15) is 0 Å². The predicted molar refractivity (Wildman–Crippen MR) is 127 cm³/mol. The number of aryl methyl sites for hydroxylation is 1. The highest BCUT2D eigenvalue weighted by molar-refractivity contribution is 6.12. The van der Waals surface area contributed by atoms with Crippen molar-refractivity contribution in [3.8, 4) is 11.1 Å². The quantitative estimate of drug-likeness (QED) is 0.620. The van der Waals surface area contributed by atoms with Crippen LogP contribution < -0.4 is 10.2 Å². The highest BCUT2D eigenvalue weighted by Gasteiger charge is 2.44. The second kappa shape index (κ2) is 8.48. The van der Waals surface area contributed by atoms with Gasteiger partial charge in [-0.1, -0.05) is 12.1 Å². The van der Waals surface area contributed by atoms with Crippen LogP contribution in [0.3, 0.4) is 0 Å². The molecule has 4 rings (SSSR count). The van der Waals surface area contributed by atoms with E-state index in [9.17, 15) is 9.59 Å². The van der Waals surface area contributed by atoms with Gasteiger partial charge in [0, 0.05) is 18.0 Å². The van der Waals surface area contributed by atoms with E-state index in [2.05, 4.69) is 25.3 Å². The van der Waals surface area contributed by atoms with Crippen LogP contribution in [0.1, 0.15) is 51.8 Å². The molecule has 34 heavy (non-hydrogen) atoms. The van der Waals surface area contributed by atoms with E-state index in [0.29, 0.717) is 17.3 Å². The molecule has 0 radical (unpaired) electrons. The zero-order chi connectivity index (χ0) is 24.7. The molecule has 1 N–H and O–H groups in total. The standard InChI is InChI=1S/C25H28N6O3/c1-15-26-10-17(11-27-15)16-7-8-19-20(9-16)31(22(32)25(19,5)6)18-12-28-21(29-13-18)14-30-23(33)34-24(2,3)4/h7-13H,14H2,1-6H3,(H,30,33). The number of hydrogen-bond acceptors (Lipinski definition) is 7. The number of nitrogens with one attached hydrogen (secondary N) is 1. The fourth-order valence-corrected chi connectivity index (χ4v) is 3.75. The molecule has 0 unspecified atom stereocenters. The van der Waals surface area contributed by atoms with Crippen LogP contribution in [0.4, 0.5) is 16.2 Å². The van der Waals surface area contributed by atoms with E-state index in [1.807, 2.05) is 39.0 Å². The monoisotopic (exact) mass is 460 g/mol. The number of fused-ring (bicyclic) bond motifs is 1. The van der Waals surface area contributed by atoms with E-state index in [4.69, 9.17) is 4.74 Å². The lowest BCUT2D eigenvalue weighted by Gasteiger charge is -2.20. The van der Waals surface area contributed by atoms with Crippen molar-refractivity contribution in [2.75, 3.05) is 4.90 Å². The number of amides is 2. The molecular weight excluding hydrogens is 432 g/mol. The van der Waals surface area contributed by atoms with Gasteiger partial charge in [-0.15, -0.1) is 0 Å². The summed E-state index contributed by atoms with van der Waals surface area (Å²) in [7, 11) is 0. The number of carbonyl (C=O) groups is 2. The van der Waals surface area contributed by atoms with Gasteiger partial charge < -0.3 is 10.1 Å². The molecule has 9 nitrogen and oxygen atoms in total. The molecule has 3 aromatic rings. The number of nitrogens with zero attached hydrogens (tertiary/aromatic N) is 5. The van der Waals surface area contributed by atoms with E-state index < -0.39 is 17.1 Å². The SMILES string of the molecule is Cc1ncc(-c2ccc3c(c2)N(c2cnc(CNC(=O)OC(C)(C)C)nc2)C(=O)C3(C)C)cn1. The molecule has 0 fully saturated rings. The first-order valence-corrected chi connectivity index (χ1v) is 11.0. The second-order valence-corrected chi connectivity index (χ2v) is 9.73. The summed E-state index contributed by atoms with van der Waals surface area (Å²) in [5.74, 6) is 1.04. The number of alkyl carbamates (subject to hydrolysis) is 1. The Bertz CT molecular complexity index is 1230. The van der Waals surface area contributed by atoms with Crippen molar-refractivity contribution >= 4 is 23.4 Å². The lowest BCUT2D eigenvalue weighted by molar-refractivity contribution is -0.121. The third-order valence-corrected chi connectivity index (χ3v) is 5.50. The Labute approximate surface area is 198 Å². The largest absolute Gasteiger partial charge is 0.444 e. The zero-order valence-electron chi connectivity index (χ0n) is 20.2. The molecule has 2 amide bonds. The highest BCUT2D eigenvalue weighted by Crippen LogP contribution is 2.46. The average Bonchev–Trinajstić information content (AvgIpc) is 2.97. The van der Waals surface area contributed by atoms with Crippen LogP contribution >= 0.6 is 0 Å². The van der Waals surface area contributed by atoms with Crippen LogP contribution in [-0.2, 0) is 21.5 Å². The lowest BCUT2D eigenvalue weighted by atomic mass is 9.85. The normalized spacial score (nSPS) is 14.6. The Balaban J connectivity index is 1.60. The van der Waals surface area contributed by atoms with E-state index in [-0.39, 0.29) is 12.5 Å². The minimum Gasteiger partial charge on any atom is -0.444 e. The van der Waals surface area contributed by atoms with Gasteiger partial charge >= 0.3 is 6.09 Å².